The molecular weight excluding hydrogens is 252 g/mol. The number of hydrogen-bond donors (Lipinski definition) is 2. The Balaban J connectivity index is 2.40. The quantitative estimate of drug-likeness (QED) is 0.880. The molecule has 0 saturated carbocycles. The third-order valence-corrected chi connectivity index (χ3v) is 3.24. The van der Waals surface area contributed by atoms with Crippen molar-refractivity contribution in [3.8, 4) is 0 Å². The highest BCUT2D eigenvalue weighted by atomic mass is 79.9. The van der Waals surface area contributed by atoms with E-state index in [1.54, 1.807) is 0 Å². The zero-order valence-electron chi connectivity index (χ0n) is 8.28. The molecule has 1 unspecified atom stereocenters. The van der Waals surface area contributed by atoms with Crippen LogP contribution in [0.15, 0.2) is 47.1 Å². The molecule has 2 rings (SSSR count). The summed E-state index contributed by atoms with van der Waals surface area (Å²) in [6, 6.07) is 12.2. The van der Waals surface area contributed by atoms with E-state index in [0.29, 0.717) is 6.54 Å². The van der Waals surface area contributed by atoms with Gasteiger partial charge < -0.3 is 10.7 Å². The van der Waals surface area contributed by atoms with E-state index >= 15 is 0 Å². The first kappa shape index (κ1) is 10.5. The second-order valence-electron chi connectivity index (χ2n) is 3.44. The van der Waals surface area contributed by atoms with Crippen LogP contribution in [0.1, 0.15) is 17.2 Å². The van der Waals surface area contributed by atoms with Gasteiger partial charge in [0.15, 0.2) is 0 Å². The normalized spacial score (nSPS) is 12.7. The van der Waals surface area contributed by atoms with Gasteiger partial charge >= 0.3 is 0 Å². The fourth-order valence-corrected chi connectivity index (χ4v) is 2.30. The minimum atomic E-state index is 0.232. The molecule has 3 heteroatoms. The molecule has 78 valence electrons. The van der Waals surface area contributed by atoms with E-state index in [2.05, 4.69) is 33.0 Å². The Morgan fingerprint density at radius 3 is 2.60 bits per heavy atom. The topological polar surface area (TPSA) is 41.8 Å². The molecule has 2 nitrogen and oxygen atoms in total. The lowest BCUT2D eigenvalue weighted by Gasteiger charge is -2.15. The lowest BCUT2D eigenvalue weighted by Crippen LogP contribution is -2.14. The minimum absolute atomic E-state index is 0.232. The summed E-state index contributed by atoms with van der Waals surface area (Å²) >= 11 is 3.55. The van der Waals surface area contributed by atoms with Crippen molar-refractivity contribution in [1.82, 2.24) is 4.98 Å². The van der Waals surface area contributed by atoms with Crippen molar-refractivity contribution in [3.63, 3.8) is 0 Å². The fraction of sp³-hybridized carbons (Fsp3) is 0.167. The standard InChI is InChI=1S/C12H13BrN2/c13-11-5-2-1-4-9(11)10(8-14)12-6-3-7-15-12/h1-7,10,15H,8,14H2. The Labute approximate surface area is 97.6 Å². The molecule has 15 heavy (non-hydrogen) atoms. The highest BCUT2D eigenvalue weighted by Crippen LogP contribution is 2.28. The van der Waals surface area contributed by atoms with Crippen LogP contribution in [-0.2, 0) is 0 Å². The second-order valence-corrected chi connectivity index (χ2v) is 4.29. The van der Waals surface area contributed by atoms with E-state index < -0.39 is 0 Å². The van der Waals surface area contributed by atoms with E-state index in [1.165, 1.54) is 5.56 Å². The predicted molar refractivity (Wildman–Crippen MR) is 65.8 cm³/mol. The van der Waals surface area contributed by atoms with Crippen molar-refractivity contribution in [1.29, 1.82) is 0 Å². The largest absolute Gasteiger partial charge is 0.364 e. The maximum Gasteiger partial charge on any atom is 0.0374 e. The highest BCUT2D eigenvalue weighted by molar-refractivity contribution is 9.10. The van der Waals surface area contributed by atoms with Gasteiger partial charge in [-0.1, -0.05) is 34.1 Å². The first-order valence-electron chi connectivity index (χ1n) is 4.90. The molecule has 0 fully saturated rings. The summed E-state index contributed by atoms with van der Waals surface area (Å²) in [5, 5.41) is 0. The molecular formula is C12H13BrN2. The first-order chi connectivity index (χ1) is 7.33. The zero-order valence-corrected chi connectivity index (χ0v) is 9.87. The van der Waals surface area contributed by atoms with Gasteiger partial charge in [-0.15, -0.1) is 0 Å². The summed E-state index contributed by atoms with van der Waals surface area (Å²) in [4.78, 5) is 3.21. The van der Waals surface area contributed by atoms with Crippen LogP contribution in [0.5, 0.6) is 0 Å². The third kappa shape index (κ3) is 2.13. The maximum absolute atomic E-state index is 5.82. The van der Waals surface area contributed by atoms with Crippen LogP contribution in [0.4, 0.5) is 0 Å². The molecule has 2 aromatic rings. The molecule has 1 heterocycles. The molecule has 0 radical (unpaired) electrons. The first-order valence-corrected chi connectivity index (χ1v) is 5.70. The minimum Gasteiger partial charge on any atom is -0.364 e. The number of nitrogens with one attached hydrogen (secondary N) is 1. The van der Waals surface area contributed by atoms with E-state index in [0.717, 1.165) is 10.2 Å². The molecule has 1 atom stereocenters. The number of halogens is 1. The summed E-state index contributed by atoms with van der Waals surface area (Å²) in [7, 11) is 0. The number of rotatable bonds is 3. The molecule has 0 aliphatic rings. The summed E-state index contributed by atoms with van der Waals surface area (Å²) in [5.41, 5.74) is 8.21. The van der Waals surface area contributed by atoms with Gasteiger partial charge in [0.1, 0.15) is 0 Å². The average molecular weight is 265 g/mol. The van der Waals surface area contributed by atoms with Gasteiger partial charge in [-0.05, 0) is 23.8 Å². The van der Waals surface area contributed by atoms with E-state index in [9.17, 15) is 0 Å². The van der Waals surface area contributed by atoms with Crippen LogP contribution in [0.3, 0.4) is 0 Å². The van der Waals surface area contributed by atoms with Crippen LogP contribution in [0, 0.1) is 0 Å². The summed E-state index contributed by atoms with van der Waals surface area (Å²) in [6.45, 7) is 0.600. The maximum atomic E-state index is 5.82. The number of aromatic amines is 1. The molecule has 0 aliphatic heterocycles. The molecule has 1 aromatic carbocycles. The van der Waals surface area contributed by atoms with Crippen molar-refractivity contribution in [3.05, 3.63) is 58.3 Å². The summed E-state index contributed by atoms with van der Waals surface area (Å²) < 4.78 is 1.11. The Morgan fingerprint density at radius 2 is 2.00 bits per heavy atom. The van der Waals surface area contributed by atoms with Crippen molar-refractivity contribution in [2.75, 3.05) is 6.54 Å². The molecule has 0 saturated heterocycles. The smallest absolute Gasteiger partial charge is 0.0374 e. The van der Waals surface area contributed by atoms with Gasteiger partial charge in [-0.25, -0.2) is 0 Å². The second kappa shape index (κ2) is 4.64. The van der Waals surface area contributed by atoms with Crippen molar-refractivity contribution in [2.45, 2.75) is 5.92 Å². The number of H-pyrrole nitrogens is 1. The Kier molecular flexibility index (Phi) is 3.23. The number of nitrogens with two attached hydrogens (primary N) is 1. The molecule has 0 spiro atoms. The molecule has 0 amide bonds. The van der Waals surface area contributed by atoms with Gasteiger partial charge in [0, 0.05) is 28.8 Å². The summed E-state index contributed by atoms with van der Waals surface area (Å²) in [6.07, 6.45) is 1.93. The van der Waals surface area contributed by atoms with Gasteiger partial charge in [-0.3, -0.25) is 0 Å². The van der Waals surface area contributed by atoms with Crippen LogP contribution < -0.4 is 5.73 Å². The van der Waals surface area contributed by atoms with Crippen LogP contribution in [-0.4, -0.2) is 11.5 Å². The number of hydrogen-bond acceptors (Lipinski definition) is 1. The molecule has 3 N–H and O–H groups in total. The predicted octanol–water partition coefficient (Wildman–Crippen LogP) is 2.87. The molecule has 0 bridgehead atoms. The van der Waals surface area contributed by atoms with Gasteiger partial charge in [0.25, 0.3) is 0 Å². The Morgan fingerprint density at radius 1 is 1.20 bits per heavy atom. The van der Waals surface area contributed by atoms with Gasteiger partial charge in [0.05, 0.1) is 0 Å². The monoisotopic (exact) mass is 264 g/mol. The molecule has 1 aromatic heterocycles. The summed E-state index contributed by atoms with van der Waals surface area (Å²) in [5.74, 6) is 0.232. The number of benzene rings is 1. The van der Waals surface area contributed by atoms with Gasteiger partial charge in [0.2, 0.25) is 0 Å². The zero-order chi connectivity index (χ0) is 10.7. The van der Waals surface area contributed by atoms with Crippen LogP contribution in [0.2, 0.25) is 0 Å². The Hall–Kier alpha value is -1.06. The van der Waals surface area contributed by atoms with E-state index in [-0.39, 0.29) is 5.92 Å². The third-order valence-electron chi connectivity index (χ3n) is 2.51. The SMILES string of the molecule is NCC(c1ccc[nH]1)c1ccccc1Br. The van der Waals surface area contributed by atoms with Crippen molar-refractivity contribution < 1.29 is 0 Å². The van der Waals surface area contributed by atoms with Gasteiger partial charge in [-0.2, -0.15) is 0 Å². The lowest BCUT2D eigenvalue weighted by atomic mass is 9.96. The molecule has 0 aliphatic carbocycles. The fourth-order valence-electron chi connectivity index (χ4n) is 1.74. The van der Waals surface area contributed by atoms with Crippen molar-refractivity contribution in [2.24, 2.45) is 5.73 Å². The lowest BCUT2D eigenvalue weighted by molar-refractivity contribution is 0.791. The van der Waals surface area contributed by atoms with Crippen molar-refractivity contribution >= 4 is 15.9 Å². The van der Waals surface area contributed by atoms with E-state index in [1.807, 2.05) is 30.5 Å². The Bertz CT molecular complexity index is 423. The number of aromatic nitrogens is 1. The van der Waals surface area contributed by atoms with E-state index in [4.69, 9.17) is 5.73 Å². The highest BCUT2D eigenvalue weighted by Gasteiger charge is 2.15. The average Bonchev–Trinajstić information content (AvgIpc) is 2.75. The van der Waals surface area contributed by atoms with Crippen LogP contribution >= 0.6 is 15.9 Å². The van der Waals surface area contributed by atoms with Crippen LogP contribution in [0.25, 0.3) is 0 Å².